The molecule has 2 heterocycles. The highest BCUT2D eigenvalue weighted by Gasteiger charge is 2.35. The second-order valence-electron chi connectivity index (χ2n) is 8.74. The number of anilines is 3. The van der Waals surface area contributed by atoms with Crippen molar-refractivity contribution in [1.82, 2.24) is 9.55 Å². The van der Waals surface area contributed by atoms with Crippen molar-refractivity contribution in [3.8, 4) is 17.4 Å². The van der Waals surface area contributed by atoms with E-state index in [1.165, 1.54) is 49.4 Å². The maximum atomic E-state index is 13.4. The molecule has 42 heavy (non-hydrogen) atoms. The molecule has 4 rings (SSSR count). The average Bonchev–Trinajstić information content (AvgIpc) is 2.93. The number of nitrogen functional groups attached to an aromatic ring is 1. The van der Waals surface area contributed by atoms with Crippen molar-refractivity contribution in [1.29, 1.82) is 0 Å². The molecular weight excluding hydrogens is 544 g/mol. The maximum absolute atomic E-state index is 13.4. The topological polar surface area (TPSA) is 178 Å². The van der Waals surface area contributed by atoms with Gasteiger partial charge in [-0.05, 0) is 74.5 Å². The fourth-order valence-corrected chi connectivity index (χ4v) is 4.00. The Kier molecular flexibility index (Phi) is 8.81. The van der Waals surface area contributed by atoms with Crippen molar-refractivity contribution < 1.29 is 29.0 Å². The second kappa shape index (κ2) is 12.6. The lowest BCUT2D eigenvalue weighted by Crippen LogP contribution is -2.43. The number of ether oxygens (including phenoxy) is 2. The van der Waals surface area contributed by atoms with Gasteiger partial charge in [-0.1, -0.05) is 6.08 Å². The number of nitrogens with two attached hydrogens (primary N) is 1. The minimum absolute atomic E-state index is 0.0307. The number of carbonyl (C=O) groups is 3. The van der Waals surface area contributed by atoms with Gasteiger partial charge < -0.3 is 25.6 Å². The number of aromatic nitrogens is 2. The Morgan fingerprint density at radius 3 is 2.26 bits per heavy atom. The molecule has 1 aliphatic rings. The number of imide groups is 1. The van der Waals surface area contributed by atoms with E-state index in [9.17, 15) is 24.3 Å². The smallest absolute Gasteiger partial charge is 0.358 e. The molecule has 0 spiro atoms. The van der Waals surface area contributed by atoms with Crippen LogP contribution < -0.4 is 26.4 Å². The molecule has 13 nitrogen and oxygen atoms in total. The van der Waals surface area contributed by atoms with Gasteiger partial charge in [0.05, 0.1) is 30.2 Å². The first kappa shape index (κ1) is 29.3. The van der Waals surface area contributed by atoms with Crippen molar-refractivity contribution in [3.05, 3.63) is 82.3 Å². The van der Waals surface area contributed by atoms with E-state index < -0.39 is 23.5 Å². The van der Waals surface area contributed by atoms with Crippen LogP contribution in [-0.4, -0.2) is 51.6 Å². The zero-order chi connectivity index (χ0) is 30.4. The number of nitrogens with one attached hydrogen (secondary N) is 1. The molecule has 0 saturated heterocycles. The molecule has 4 amide bonds. The summed E-state index contributed by atoms with van der Waals surface area (Å²) in [7, 11) is 0. The van der Waals surface area contributed by atoms with Gasteiger partial charge in [0.15, 0.2) is 0 Å². The summed E-state index contributed by atoms with van der Waals surface area (Å²) in [6, 6.07) is 11.5. The molecule has 2 aromatic carbocycles. The first-order chi connectivity index (χ1) is 20.1. The summed E-state index contributed by atoms with van der Waals surface area (Å²) in [6.07, 6.45) is 4.16. The first-order valence-corrected chi connectivity index (χ1v) is 12.9. The number of hydrogen-bond donors (Lipinski definition) is 3. The lowest BCUT2D eigenvalue weighted by molar-refractivity contribution is -0.115. The van der Waals surface area contributed by atoms with Gasteiger partial charge >= 0.3 is 11.7 Å². The number of carbonyl (C=O) groups excluding carboxylic acids is 3. The summed E-state index contributed by atoms with van der Waals surface area (Å²) >= 11 is 0. The largest absolute Gasteiger partial charge is 0.494 e. The predicted octanol–water partition coefficient (Wildman–Crippen LogP) is 3.42. The Hall–Kier alpha value is -5.72. The molecule has 3 aromatic rings. The molecule has 1 aromatic heterocycles. The predicted molar refractivity (Wildman–Crippen MR) is 157 cm³/mol. The number of allylic oxidation sites excluding steroid dienone is 2. The lowest BCUT2D eigenvalue weighted by Gasteiger charge is -2.25. The molecule has 0 saturated carbocycles. The van der Waals surface area contributed by atoms with Gasteiger partial charge in [-0.2, -0.15) is 9.98 Å². The number of benzene rings is 2. The molecule has 216 valence electrons. The first-order valence-electron chi connectivity index (χ1n) is 12.9. The van der Waals surface area contributed by atoms with E-state index in [1.807, 2.05) is 0 Å². The number of nitrogens with zero attached hydrogens (tertiary/aromatic N) is 4. The fourth-order valence-electron chi connectivity index (χ4n) is 4.00. The van der Waals surface area contributed by atoms with E-state index >= 15 is 0 Å². The van der Waals surface area contributed by atoms with Crippen LogP contribution in [0.4, 0.5) is 21.9 Å². The Labute approximate surface area is 240 Å². The van der Waals surface area contributed by atoms with Gasteiger partial charge in [0, 0.05) is 18.3 Å². The number of rotatable bonds is 8. The van der Waals surface area contributed by atoms with Crippen molar-refractivity contribution in [2.24, 2.45) is 4.99 Å². The quantitative estimate of drug-likeness (QED) is 0.269. The van der Waals surface area contributed by atoms with Gasteiger partial charge in [-0.15, -0.1) is 0 Å². The molecule has 0 bridgehead atoms. The van der Waals surface area contributed by atoms with Gasteiger partial charge in [-0.25, -0.2) is 19.1 Å². The molecule has 4 N–H and O–H groups in total. The average molecular weight is 573 g/mol. The van der Waals surface area contributed by atoms with Crippen molar-refractivity contribution in [3.63, 3.8) is 0 Å². The summed E-state index contributed by atoms with van der Waals surface area (Å²) in [5, 5.41) is 13.8. The third kappa shape index (κ3) is 6.20. The zero-order valence-electron chi connectivity index (χ0n) is 23.0. The van der Waals surface area contributed by atoms with Crippen molar-refractivity contribution in [2.45, 2.75) is 20.8 Å². The highest BCUT2D eigenvalue weighted by molar-refractivity contribution is 6.36. The minimum Gasteiger partial charge on any atom is -0.494 e. The summed E-state index contributed by atoms with van der Waals surface area (Å²) < 4.78 is 11.9. The van der Waals surface area contributed by atoms with E-state index in [-0.39, 0.29) is 53.4 Å². The Morgan fingerprint density at radius 1 is 1.00 bits per heavy atom. The molecule has 0 fully saturated rings. The standard InChI is InChI=1S/C29H28N6O7/c1-4-41-24-22(26(37)34(28(39)32-24)20-13-9-18(30)10-14-20)7-6-8-23-25(42-5-2)33-29(40)35(27(23)38)21-15-11-19(12-16-21)31-17(3)36/h6-16,38H,4-5,30H2,1-3H3,(H,31,36)/b8-6+,22-7+. The van der Waals surface area contributed by atoms with Crippen LogP contribution >= 0.6 is 0 Å². The van der Waals surface area contributed by atoms with Crippen LogP contribution in [0.25, 0.3) is 11.8 Å². The highest BCUT2D eigenvalue weighted by Crippen LogP contribution is 2.29. The van der Waals surface area contributed by atoms with Gasteiger partial charge in [0.2, 0.25) is 23.6 Å². The molecule has 0 atom stereocenters. The van der Waals surface area contributed by atoms with Gasteiger partial charge in [0.25, 0.3) is 5.91 Å². The van der Waals surface area contributed by atoms with Crippen LogP contribution in [0.3, 0.4) is 0 Å². The molecule has 1 aliphatic heterocycles. The van der Waals surface area contributed by atoms with E-state index in [1.54, 1.807) is 38.1 Å². The monoisotopic (exact) mass is 572 g/mol. The second-order valence-corrected chi connectivity index (χ2v) is 8.74. The summed E-state index contributed by atoms with van der Waals surface area (Å²) in [6.45, 7) is 5.04. The molecule has 0 aliphatic carbocycles. The van der Waals surface area contributed by atoms with Crippen LogP contribution in [-0.2, 0) is 14.3 Å². The SMILES string of the molecule is CCOC1=NC(=O)N(c2ccc(N)cc2)C(=O)/C1=C/C=C/c1c(OCC)nc(=O)n(-c2ccc(NC(C)=O)cc2)c1O. The maximum Gasteiger partial charge on any atom is 0.358 e. The van der Waals surface area contributed by atoms with E-state index in [4.69, 9.17) is 15.2 Å². The molecular formula is C29H28N6O7. The van der Waals surface area contributed by atoms with Crippen LogP contribution in [0.5, 0.6) is 11.8 Å². The lowest BCUT2D eigenvalue weighted by atomic mass is 10.1. The number of urea groups is 1. The van der Waals surface area contributed by atoms with Crippen LogP contribution in [0.1, 0.15) is 26.3 Å². The summed E-state index contributed by atoms with van der Waals surface area (Å²) in [5.74, 6) is -1.73. The van der Waals surface area contributed by atoms with Crippen molar-refractivity contribution >= 4 is 46.9 Å². The Morgan fingerprint density at radius 2 is 1.64 bits per heavy atom. The number of aliphatic imine (C=N–C) groups is 1. The summed E-state index contributed by atoms with van der Waals surface area (Å²) in [5.41, 5.74) is 6.45. The third-order valence-electron chi connectivity index (χ3n) is 5.81. The zero-order valence-corrected chi connectivity index (χ0v) is 23.0. The molecule has 0 unspecified atom stereocenters. The Balaban J connectivity index is 1.76. The number of hydrogen-bond acceptors (Lipinski definition) is 9. The number of aromatic hydroxyl groups is 1. The van der Waals surface area contributed by atoms with E-state index in [0.29, 0.717) is 11.4 Å². The van der Waals surface area contributed by atoms with Gasteiger partial charge in [-0.3, -0.25) is 9.59 Å². The van der Waals surface area contributed by atoms with Gasteiger partial charge in [0.1, 0.15) is 5.57 Å². The third-order valence-corrected chi connectivity index (χ3v) is 5.81. The normalized spacial score (nSPS) is 14.3. The Bertz CT molecular complexity index is 1670. The van der Waals surface area contributed by atoms with E-state index in [2.05, 4.69) is 15.3 Å². The van der Waals surface area contributed by atoms with Crippen LogP contribution in [0, 0.1) is 0 Å². The van der Waals surface area contributed by atoms with E-state index in [0.717, 1.165) is 9.47 Å². The van der Waals surface area contributed by atoms with Crippen molar-refractivity contribution in [2.75, 3.05) is 29.2 Å². The molecule has 0 radical (unpaired) electrons. The minimum atomic E-state index is -0.827. The van der Waals surface area contributed by atoms with Crippen LogP contribution in [0.15, 0.2) is 76.0 Å². The highest BCUT2D eigenvalue weighted by atomic mass is 16.5. The summed E-state index contributed by atoms with van der Waals surface area (Å²) in [4.78, 5) is 59.1. The molecule has 13 heteroatoms. The van der Waals surface area contributed by atoms with Crippen LogP contribution in [0.2, 0.25) is 0 Å². The number of amides is 4. The fraction of sp³-hybridized carbons (Fsp3) is 0.172.